The molecule has 0 fully saturated rings. The van der Waals surface area contributed by atoms with Gasteiger partial charge in [-0.15, -0.1) is 10.2 Å². The lowest BCUT2D eigenvalue weighted by Crippen LogP contribution is -2.07. The highest BCUT2D eigenvalue weighted by Gasteiger charge is 2.19. The van der Waals surface area contributed by atoms with Crippen LogP contribution in [-0.4, -0.2) is 14.9 Å². The SMILES string of the molecule is O=P(/C=C(\Cl)c1ccccc1)(/C=C(\Cl)c1ccccc1)Nn1cnnc1. The lowest BCUT2D eigenvalue weighted by molar-refractivity contribution is 0.586. The zero-order chi connectivity index (χ0) is 18.4. The van der Waals surface area contributed by atoms with Crippen LogP contribution < -0.4 is 5.20 Å². The summed E-state index contributed by atoms with van der Waals surface area (Å²) in [6.45, 7) is 0. The number of hydrogen-bond acceptors (Lipinski definition) is 3. The molecule has 1 heterocycles. The molecule has 0 amide bonds. The summed E-state index contributed by atoms with van der Waals surface area (Å²) in [5, 5.41) is 11.0. The first-order chi connectivity index (χ1) is 12.6. The molecule has 0 atom stereocenters. The number of halogens is 2. The van der Waals surface area contributed by atoms with Crippen LogP contribution in [0.4, 0.5) is 0 Å². The fraction of sp³-hybridized carbons (Fsp3) is 0. The Bertz CT molecular complexity index is 898. The van der Waals surface area contributed by atoms with Gasteiger partial charge in [0.15, 0.2) is 0 Å². The van der Waals surface area contributed by atoms with E-state index in [1.165, 1.54) is 29.0 Å². The second-order valence-electron chi connectivity index (χ2n) is 5.36. The lowest BCUT2D eigenvalue weighted by Gasteiger charge is -2.15. The highest BCUT2D eigenvalue weighted by atomic mass is 35.5. The molecule has 3 rings (SSSR count). The Morgan fingerprint density at radius 2 is 1.27 bits per heavy atom. The van der Waals surface area contributed by atoms with Gasteiger partial charge < -0.3 is 0 Å². The number of nitrogens with one attached hydrogen (secondary N) is 1. The smallest absolute Gasteiger partial charge is 0.230 e. The Labute approximate surface area is 161 Å². The molecule has 0 saturated carbocycles. The van der Waals surface area contributed by atoms with E-state index in [9.17, 15) is 4.57 Å². The highest BCUT2D eigenvalue weighted by molar-refractivity contribution is 7.71. The minimum Gasteiger partial charge on any atom is -0.290 e. The van der Waals surface area contributed by atoms with E-state index in [-0.39, 0.29) is 0 Å². The van der Waals surface area contributed by atoms with Gasteiger partial charge in [-0.05, 0) is 11.1 Å². The summed E-state index contributed by atoms with van der Waals surface area (Å²) in [5.41, 5.74) is 1.51. The third-order valence-electron chi connectivity index (χ3n) is 3.40. The van der Waals surface area contributed by atoms with Gasteiger partial charge in [-0.1, -0.05) is 83.9 Å². The summed E-state index contributed by atoms with van der Waals surface area (Å²) in [4.78, 5) is 0. The van der Waals surface area contributed by atoms with Gasteiger partial charge in [0.1, 0.15) is 12.7 Å². The van der Waals surface area contributed by atoms with Crippen molar-refractivity contribution in [1.82, 2.24) is 14.9 Å². The fourth-order valence-corrected chi connectivity index (χ4v) is 4.96. The molecule has 0 aliphatic carbocycles. The topological polar surface area (TPSA) is 59.8 Å². The summed E-state index contributed by atoms with van der Waals surface area (Å²) in [6.07, 6.45) is 2.81. The average Bonchev–Trinajstić information content (AvgIpc) is 3.15. The first kappa shape index (κ1) is 18.5. The zero-order valence-corrected chi connectivity index (χ0v) is 15.9. The van der Waals surface area contributed by atoms with E-state index >= 15 is 0 Å². The average molecular weight is 405 g/mol. The van der Waals surface area contributed by atoms with Crippen LogP contribution in [0.15, 0.2) is 85.0 Å². The number of benzene rings is 2. The molecule has 0 spiro atoms. The Hall–Kier alpha value is -2.33. The molecule has 0 aliphatic heterocycles. The Morgan fingerprint density at radius 3 is 1.69 bits per heavy atom. The van der Waals surface area contributed by atoms with Crippen LogP contribution in [-0.2, 0) is 4.57 Å². The minimum atomic E-state index is -3.31. The molecule has 0 unspecified atom stereocenters. The second-order valence-corrected chi connectivity index (χ2v) is 8.31. The maximum absolute atomic E-state index is 13.5. The van der Waals surface area contributed by atoms with Gasteiger partial charge in [0.2, 0.25) is 7.29 Å². The summed E-state index contributed by atoms with van der Waals surface area (Å²) in [7, 11) is -3.31. The van der Waals surface area contributed by atoms with Gasteiger partial charge in [0.25, 0.3) is 0 Å². The summed E-state index contributed by atoms with van der Waals surface area (Å²) in [5.74, 6) is 2.93. The maximum Gasteiger partial charge on any atom is 0.230 e. The Balaban J connectivity index is 2.01. The van der Waals surface area contributed by atoms with Crippen molar-refractivity contribution in [2.24, 2.45) is 0 Å². The molecule has 1 aromatic heterocycles. The van der Waals surface area contributed by atoms with Crippen molar-refractivity contribution in [1.29, 1.82) is 0 Å². The Morgan fingerprint density at radius 1 is 0.846 bits per heavy atom. The number of hydrogen-bond donors (Lipinski definition) is 1. The van der Waals surface area contributed by atoms with Gasteiger partial charge in [-0.25, -0.2) is 4.68 Å². The second kappa shape index (κ2) is 8.37. The van der Waals surface area contributed by atoms with E-state index in [0.717, 1.165) is 11.1 Å². The van der Waals surface area contributed by atoms with Gasteiger partial charge in [0, 0.05) is 11.6 Å². The molecule has 26 heavy (non-hydrogen) atoms. The van der Waals surface area contributed by atoms with Crippen LogP contribution in [0.1, 0.15) is 11.1 Å². The standard InChI is InChI=1S/C18H15Cl2N4OP/c19-17(15-7-3-1-4-8-15)11-26(25,23-24-13-21-22-14-24)12-18(20)16-9-5-2-6-10-16/h1-14H,(H,23,25)/b17-11-,18-12-. The molecule has 0 radical (unpaired) electrons. The molecular formula is C18H15Cl2N4OP. The number of aromatic nitrogens is 3. The van der Waals surface area contributed by atoms with Crippen molar-refractivity contribution in [3.8, 4) is 0 Å². The van der Waals surface area contributed by atoms with Gasteiger partial charge in [-0.2, -0.15) is 0 Å². The molecule has 0 saturated heterocycles. The van der Waals surface area contributed by atoms with Crippen LogP contribution in [0.25, 0.3) is 10.1 Å². The van der Waals surface area contributed by atoms with Crippen molar-refractivity contribution >= 4 is 40.6 Å². The van der Waals surface area contributed by atoms with Gasteiger partial charge in [-0.3, -0.25) is 9.76 Å². The largest absolute Gasteiger partial charge is 0.290 e. The summed E-state index contributed by atoms with van der Waals surface area (Å²) >= 11 is 12.8. The third-order valence-corrected chi connectivity index (χ3v) is 6.19. The van der Waals surface area contributed by atoms with Gasteiger partial charge in [0.05, 0.1) is 10.1 Å². The molecule has 0 aliphatic rings. The molecule has 0 bridgehead atoms. The van der Waals surface area contributed by atoms with E-state index in [4.69, 9.17) is 23.2 Å². The highest BCUT2D eigenvalue weighted by Crippen LogP contribution is 2.51. The van der Waals surface area contributed by atoms with E-state index in [0.29, 0.717) is 10.1 Å². The predicted molar refractivity (Wildman–Crippen MR) is 108 cm³/mol. The normalized spacial score (nSPS) is 12.8. The molecule has 5 nitrogen and oxygen atoms in total. The maximum atomic E-state index is 13.5. The molecule has 2 aromatic carbocycles. The minimum absolute atomic E-state index is 0.350. The molecule has 8 heteroatoms. The van der Waals surface area contributed by atoms with Crippen LogP contribution in [0.5, 0.6) is 0 Å². The van der Waals surface area contributed by atoms with Crippen molar-refractivity contribution in [2.45, 2.75) is 0 Å². The van der Waals surface area contributed by atoms with E-state index < -0.39 is 7.29 Å². The van der Waals surface area contributed by atoms with Crippen molar-refractivity contribution in [3.05, 3.63) is 96.1 Å². The quantitative estimate of drug-likeness (QED) is 0.545. The number of rotatable bonds is 6. The fourth-order valence-electron chi connectivity index (χ4n) is 2.21. The van der Waals surface area contributed by atoms with Crippen LogP contribution in [0, 0.1) is 0 Å². The van der Waals surface area contributed by atoms with Crippen molar-refractivity contribution in [3.63, 3.8) is 0 Å². The zero-order valence-electron chi connectivity index (χ0n) is 13.5. The van der Waals surface area contributed by atoms with Gasteiger partial charge >= 0.3 is 0 Å². The summed E-state index contributed by atoms with van der Waals surface area (Å²) in [6, 6.07) is 18.5. The number of nitrogens with zero attached hydrogens (tertiary/aromatic N) is 3. The lowest BCUT2D eigenvalue weighted by atomic mass is 10.2. The molecule has 3 aromatic rings. The molecular weight excluding hydrogens is 390 g/mol. The van der Waals surface area contributed by atoms with Crippen LogP contribution in [0.3, 0.4) is 0 Å². The monoisotopic (exact) mass is 404 g/mol. The van der Waals surface area contributed by atoms with E-state index in [1.54, 1.807) is 0 Å². The van der Waals surface area contributed by atoms with E-state index in [1.807, 2.05) is 60.7 Å². The van der Waals surface area contributed by atoms with Crippen LogP contribution >= 0.6 is 30.5 Å². The molecule has 132 valence electrons. The Kier molecular flexibility index (Phi) is 5.94. The van der Waals surface area contributed by atoms with Crippen molar-refractivity contribution < 1.29 is 4.57 Å². The first-order valence-electron chi connectivity index (χ1n) is 7.66. The molecule has 1 N–H and O–H groups in total. The van der Waals surface area contributed by atoms with Crippen LogP contribution in [0.2, 0.25) is 0 Å². The van der Waals surface area contributed by atoms with E-state index in [2.05, 4.69) is 15.4 Å². The predicted octanol–water partition coefficient (Wildman–Crippen LogP) is 5.57. The van der Waals surface area contributed by atoms with Crippen molar-refractivity contribution in [2.75, 3.05) is 5.20 Å². The summed E-state index contributed by atoms with van der Waals surface area (Å²) < 4.78 is 14.9. The first-order valence-corrected chi connectivity index (χ1v) is 10.3. The third kappa shape index (κ3) is 4.85.